The number of rotatable bonds is 3. The maximum absolute atomic E-state index is 4.85. The Hall–Kier alpha value is -1.25. The van der Waals surface area contributed by atoms with Crippen LogP contribution >= 0.6 is 0 Å². The van der Waals surface area contributed by atoms with Gasteiger partial charge >= 0.3 is 0 Å². The Morgan fingerprint density at radius 1 is 1.39 bits per heavy atom. The van der Waals surface area contributed by atoms with Crippen molar-refractivity contribution in [3.8, 4) is 0 Å². The van der Waals surface area contributed by atoms with Crippen LogP contribution in [0.3, 0.4) is 0 Å². The van der Waals surface area contributed by atoms with Crippen LogP contribution in [0.15, 0.2) is 28.7 Å². The summed E-state index contributed by atoms with van der Waals surface area (Å²) in [5.41, 5.74) is 1.28. The average Bonchev–Trinajstić information content (AvgIpc) is 2.90. The van der Waals surface area contributed by atoms with Crippen molar-refractivity contribution in [1.82, 2.24) is 10.6 Å². The minimum atomic E-state index is 0.526. The van der Waals surface area contributed by atoms with Crippen LogP contribution in [0.1, 0.15) is 52.9 Å². The zero-order valence-electron chi connectivity index (χ0n) is 11.8. The van der Waals surface area contributed by atoms with E-state index in [0.29, 0.717) is 12.0 Å². The molecular formula is C15H25N3. The molecule has 18 heavy (non-hydrogen) atoms. The Balaban J connectivity index is 2.17. The van der Waals surface area contributed by atoms with E-state index in [4.69, 9.17) is 4.99 Å². The molecule has 100 valence electrons. The topological polar surface area (TPSA) is 36.4 Å². The molecule has 0 spiro atoms. The van der Waals surface area contributed by atoms with Crippen LogP contribution in [0.5, 0.6) is 0 Å². The van der Waals surface area contributed by atoms with Crippen molar-refractivity contribution < 1.29 is 0 Å². The number of nitrogens with one attached hydrogen (secondary N) is 2. The van der Waals surface area contributed by atoms with E-state index >= 15 is 0 Å². The van der Waals surface area contributed by atoms with Gasteiger partial charge in [-0.25, -0.2) is 0 Å². The first kappa shape index (κ1) is 13.2. The van der Waals surface area contributed by atoms with Gasteiger partial charge in [-0.3, -0.25) is 4.99 Å². The van der Waals surface area contributed by atoms with E-state index in [1.54, 1.807) is 0 Å². The fraction of sp³-hybridized carbons (Fsp3) is 0.667. The van der Waals surface area contributed by atoms with Gasteiger partial charge < -0.3 is 10.6 Å². The second kappa shape index (κ2) is 6.07. The molecule has 3 nitrogen and oxygen atoms in total. The first-order valence-corrected chi connectivity index (χ1v) is 7.22. The summed E-state index contributed by atoms with van der Waals surface area (Å²) in [5.74, 6) is 2.64. The van der Waals surface area contributed by atoms with Crippen molar-refractivity contribution in [2.45, 2.75) is 58.9 Å². The first-order chi connectivity index (χ1) is 8.72. The highest BCUT2D eigenvalue weighted by Gasteiger charge is 2.18. The van der Waals surface area contributed by atoms with Crippen molar-refractivity contribution in [2.75, 3.05) is 0 Å². The van der Waals surface area contributed by atoms with E-state index in [1.807, 2.05) is 6.92 Å². The van der Waals surface area contributed by atoms with Crippen molar-refractivity contribution in [3.63, 3.8) is 0 Å². The van der Waals surface area contributed by atoms with Crippen LogP contribution in [0.2, 0.25) is 0 Å². The lowest BCUT2D eigenvalue weighted by Crippen LogP contribution is -2.38. The molecule has 0 aromatic carbocycles. The lowest BCUT2D eigenvalue weighted by Gasteiger charge is -2.25. The monoisotopic (exact) mass is 247 g/mol. The predicted octanol–water partition coefficient (Wildman–Crippen LogP) is 3.31. The van der Waals surface area contributed by atoms with Gasteiger partial charge in [0, 0.05) is 11.8 Å². The highest BCUT2D eigenvalue weighted by atomic mass is 15.2. The van der Waals surface area contributed by atoms with E-state index < -0.39 is 0 Å². The van der Waals surface area contributed by atoms with Gasteiger partial charge in [0.15, 0.2) is 0 Å². The average molecular weight is 247 g/mol. The third kappa shape index (κ3) is 3.15. The van der Waals surface area contributed by atoms with E-state index in [1.165, 1.54) is 31.4 Å². The Bertz CT molecular complexity index is 373. The Morgan fingerprint density at radius 3 is 2.72 bits per heavy atom. The van der Waals surface area contributed by atoms with E-state index in [2.05, 4.69) is 36.6 Å². The summed E-state index contributed by atoms with van der Waals surface area (Å²) >= 11 is 0. The van der Waals surface area contributed by atoms with Gasteiger partial charge in [0.25, 0.3) is 0 Å². The standard InChI is InChI=1S/C15H25N3/c1-4-11(3)13-10-15(18-14(5-2)17-13)16-12-8-6-7-9-12/h5,10-12,17H,4,6-9H2,1-3H3,(H,16,18)/b14-5-. The number of amidine groups is 1. The quantitative estimate of drug-likeness (QED) is 0.802. The second-order valence-corrected chi connectivity index (χ2v) is 5.31. The van der Waals surface area contributed by atoms with Crippen LogP contribution in [-0.2, 0) is 0 Å². The fourth-order valence-corrected chi connectivity index (χ4v) is 2.47. The molecule has 2 rings (SSSR count). The maximum atomic E-state index is 4.85. The Labute approximate surface area is 110 Å². The van der Waals surface area contributed by atoms with Crippen molar-refractivity contribution in [2.24, 2.45) is 10.9 Å². The van der Waals surface area contributed by atoms with Crippen LogP contribution in [0.4, 0.5) is 0 Å². The van der Waals surface area contributed by atoms with Crippen molar-refractivity contribution in [1.29, 1.82) is 0 Å². The Kier molecular flexibility index (Phi) is 4.45. The molecule has 0 aromatic rings. The molecule has 0 saturated heterocycles. The highest BCUT2D eigenvalue weighted by Crippen LogP contribution is 2.22. The van der Waals surface area contributed by atoms with Gasteiger partial charge in [0.2, 0.25) is 0 Å². The number of hydrogen-bond donors (Lipinski definition) is 2. The van der Waals surface area contributed by atoms with E-state index in [-0.39, 0.29) is 0 Å². The van der Waals surface area contributed by atoms with Crippen molar-refractivity contribution >= 4 is 5.84 Å². The molecule has 0 bridgehead atoms. The lowest BCUT2D eigenvalue weighted by molar-refractivity contribution is 0.600. The number of aliphatic imine (C=N–C) groups is 1. The zero-order chi connectivity index (χ0) is 13.0. The van der Waals surface area contributed by atoms with Gasteiger partial charge in [0.1, 0.15) is 11.7 Å². The smallest absolute Gasteiger partial charge is 0.128 e. The molecule has 1 saturated carbocycles. The minimum Gasteiger partial charge on any atom is -0.345 e. The molecule has 0 amide bonds. The van der Waals surface area contributed by atoms with Crippen LogP contribution in [-0.4, -0.2) is 11.9 Å². The highest BCUT2D eigenvalue weighted by molar-refractivity contribution is 5.96. The summed E-state index contributed by atoms with van der Waals surface area (Å²) in [5, 5.41) is 6.80. The van der Waals surface area contributed by atoms with Gasteiger partial charge in [-0.15, -0.1) is 0 Å². The molecule has 2 aliphatic rings. The molecule has 1 aliphatic carbocycles. The summed E-state index contributed by atoms with van der Waals surface area (Å²) in [6, 6.07) is 0.526. The minimum absolute atomic E-state index is 0.526. The van der Waals surface area contributed by atoms with E-state index in [0.717, 1.165) is 18.1 Å². The molecule has 0 aromatic heterocycles. The molecular weight excluding hydrogens is 222 g/mol. The molecule has 2 N–H and O–H groups in total. The normalized spacial score (nSPS) is 26.9. The largest absolute Gasteiger partial charge is 0.345 e. The summed E-state index contributed by atoms with van der Waals surface area (Å²) in [4.78, 5) is 4.85. The van der Waals surface area contributed by atoms with Crippen LogP contribution in [0, 0.1) is 5.92 Å². The van der Waals surface area contributed by atoms with Gasteiger partial charge in [-0.05, 0) is 38.2 Å². The molecule has 1 aliphatic heterocycles. The predicted molar refractivity (Wildman–Crippen MR) is 77.3 cm³/mol. The zero-order valence-corrected chi connectivity index (χ0v) is 11.8. The summed E-state index contributed by atoms with van der Waals surface area (Å²) in [7, 11) is 0. The summed E-state index contributed by atoms with van der Waals surface area (Å²) in [6.45, 7) is 6.52. The second-order valence-electron chi connectivity index (χ2n) is 5.31. The molecule has 3 heteroatoms. The van der Waals surface area contributed by atoms with Crippen molar-refractivity contribution in [3.05, 3.63) is 23.7 Å². The SMILES string of the molecule is C/C=C1/NC(C(C)CC)=CC(=NC2CCCC2)N1. The fourth-order valence-electron chi connectivity index (χ4n) is 2.47. The maximum Gasteiger partial charge on any atom is 0.128 e. The van der Waals surface area contributed by atoms with Crippen LogP contribution < -0.4 is 10.6 Å². The van der Waals surface area contributed by atoms with Crippen LogP contribution in [0.25, 0.3) is 0 Å². The lowest BCUT2D eigenvalue weighted by atomic mass is 10.0. The number of hydrogen-bond acceptors (Lipinski definition) is 2. The van der Waals surface area contributed by atoms with E-state index in [9.17, 15) is 0 Å². The summed E-state index contributed by atoms with van der Waals surface area (Å²) in [6.07, 6.45) is 10.5. The molecule has 1 unspecified atom stereocenters. The molecule has 0 radical (unpaired) electrons. The first-order valence-electron chi connectivity index (χ1n) is 7.22. The number of nitrogens with zero attached hydrogens (tertiary/aromatic N) is 1. The molecule has 1 fully saturated rings. The Morgan fingerprint density at radius 2 is 2.11 bits per heavy atom. The van der Waals surface area contributed by atoms with Gasteiger partial charge in [-0.1, -0.05) is 26.7 Å². The third-order valence-electron chi connectivity index (χ3n) is 3.91. The number of allylic oxidation sites excluding steroid dienone is 2. The third-order valence-corrected chi connectivity index (χ3v) is 3.91. The molecule has 1 atom stereocenters. The van der Waals surface area contributed by atoms with Gasteiger partial charge in [0.05, 0.1) is 6.04 Å². The molecule has 1 heterocycles. The van der Waals surface area contributed by atoms with Gasteiger partial charge in [-0.2, -0.15) is 0 Å². The summed E-state index contributed by atoms with van der Waals surface area (Å²) < 4.78 is 0.